The SMILES string of the molecule is Cc1ccc(-n2c(/C=C/c3cc4c(cc3[N+](=O)[O-])OCO4)nc3ccccc3c2=O)cc1. The van der Waals surface area contributed by atoms with Gasteiger partial charge in [0.1, 0.15) is 5.82 Å². The van der Waals surface area contributed by atoms with Gasteiger partial charge in [-0.1, -0.05) is 29.8 Å². The van der Waals surface area contributed by atoms with Gasteiger partial charge in [-0.3, -0.25) is 19.5 Å². The summed E-state index contributed by atoms with van der Waals surface area (Å²) in [5, 5.41) is 12.1. The van der Waals surface area contributed by atoms with Gasteiger partial charge >= 0.3 is 0 Å². The van der Waals surface area contributed by atoms with Gasteiger partial charge in [-0.15, -0.1) is 0 Å². The van der Waals surface area contributed by atoms with Crippen molar-refractivity contribution >= 4 is 28.7 Å². The molecule has 0 unspecified atom stereocenters. The number of fused-ring (bicyclic) bond motifs is 2. The molecule has 0 aliphatic carbocycles. The molecule has 1 aliphatic rings. The summed E-state index contributed by atoms with van der Waals surface area (Å²) in [5.74, 6) is 1.11. The van der Waals surface area contributed by atoms with E-state index in [4.69, 9.17) is 9.47 Å². The fourth-order valence-electron chi connectivity index (χ4n) is 3.61. The Bertz CT molecular complexity index is 1460. The lowest BCUT2D eigenvalue weighted by atomic mass is 10.1. The van der Waals surface area contributed by atoms with E-state index in [1.165, 1.54) is 10.6 Å². The van der Waals surface area contributed by atoms with Crippen LogP contribution in [0.25, 0.3) is 28.7 Å². The van der Waals surface area contributed by atoms with Gasteiger partial charge in [-0.05, 0) is 49.4 Å². The third-order valence-electron chi connectivity index (χ3n) is 5.22. The molecule has 0 spiro atoms. The number of nitrogens with zero attached hydrogens (tertiary/aromatic N) is 3. The second-order valence-electron chi connectivity index (χ2n) is 7.32. The number of benzene rings is 3. The largest absolute Gasteiger partial charge is 0.454 e. The lowest BCUT2D eigenvalue weighted by Crippen LogP contribution is -2.22. The van der Waals surface area contributed by atoms with Crippen LogP contribution < -0.4 is 15.0 Å². The van der Waals surface area contributed by atoms with Crippen molar-refractivity contribution in [3.8, 4) is 17.2 Å². The summed E-state index contributed by atoms with van der Waals surface area (Å²) in [4.78, 5) is 29.1. The second kappa shape index (κ2) is 7.66. The van der Waals surface area contributed by atoms with Crippen molar-refractivity contribution in [3.63, 3.8) is 0 Å². The molecular weight excluding hydrogens is 410 g/mol. The first kappa shape index (κ1) is 19.5. The zero-order chi connectivity index (χ0) is 22.2. The highest BCUT2D eigenvalue weighted by molar-refractivity contribution is 5.81. The molecule has 158 valence electrons. The molecule has 0 bridgehead atoms. The normalized spacial score (nSPS) is 12.5. The fraction of sp³-hybridized carbons (Fsp3) is 0.0833. The van der Waals surface area contributed by atoms with Crippen molar-refractivity contribution in [1.29, 1.82) is 0 Å². The lowest BCUT2D eigenvalue weighted by molar-refractivity contribution is -0.385. The molecular formula is C24H17N3O5. The minimum atomic E-state index is -0.484. The van der Waals surface area contributed by atoms with Crippen LogP contribution in [0.3, 0.4) is 0 Å². The molecule has 3 aromatic carbocycles. The molecule has 0 radical (unpaired) electrons. The maximum absolute atomic E-state index is 13.3. The Kier molecular flexibility index (Phi) is 4.67. The number of aromatic nitrogens is 2. The molecule has 32 heavy (non-hydrogen) atoms. The summed E-state index contributed by atoms with van der Waals surface area (Å²) in [6.07, 6.45) is 3.15. The number of nitro benzene ring substituents is 1. The Labute approximate surface area is 182 Å². The van der Waals surface area contributed by atoms with Crippen LogP contribution >= 0.6 is 0 Å². The van der Waals surface area contributed by atoms with Gasteiger partial charge < -0.3 is 9.47 Å². The van der Waals surface area contributed by atoms with Crippen molar-refractivity contribution < 1.29 is 14.4 Å². The Morgan fingerprint density at radius 1 is 1.03 bits per heavy atom. The predicted molar refractivity (Wildman–Crippen MR) is 120 cm³/mol. The van der Waals surface area contributed by atoms with Gasteiger partial charge in [0.05, 0.1) is 33.1 Å². The van der Waals surface area contributed by atoms with Crippen molar-refractivity contribution in [2.75, 3.05) is 6.79 Å². The van der Waals surface area contributed by atoms with E-state index in [9.17, 15) is 14.9 Å². The molecule has 0 amide bonds. The van der Waals surface area contributed by atoms with Crippen LogP contribution in [0.1, 0.15) is 17.0 Å². The molecule has 0 N–H and O–H groups in total. The number of hydrogen-bond donors (Lipinski definition) is 0. The molecule has 0 fully saturated rings. The second-order valence-corrected chi connectivity index (χ2v) is 7.32. The minimum absolute atomic E-state index is 0.0127. The molecule has 0 saturated carbocycles. The average Bonchev–Trinajstić information content (AvgIpc) is 3.25. The zero-order valence-corrected chi connectivity index (χ0v) is 17.0. The number of ether oxygens (including phenoxy) is 2. The molecule has 1 aliphatic heterocycles. The van der Waals surface area contributed by atoms with Crippen molar-refractivity contribution in [1.82, 2.24) is 9.55 Å². The summed E-state index contributed by atoms with van der Waals surface area (Å²) in [6.45, 7) is 1.98. The van der Waals surface area contributed by atoms with E-state index >= 15 is 0 Å². The molecule has 1 aromatic heterocycles. The lowest BCUT2D eigenvalue weighted by Gasteiger charge is -2.12. The summed E-state index contributed by atoms with van der Waals surface area (Å²) in [7, 11) is 0. The van der Waals surface area contributed by atoms with Crippen LogP contribution in [0.15, 0.2) is 65.5 Å². The van der Waals surface area contributed by atoms with Gasteiger partial charge in [-0.25, -0.2) is 4.98 Å². The molecule has 8 heteroatoms. The highest BCUT2D eigenvalue weighted by atomic mass is 16.7. The zero-order valence-electron chi connectivity index (χ0n) is 17.0. The van der Waals surface area contributed by atoms with Gasteiger partial charge in [-0.2, -0.15) is 0 Å². The highest BCUT2D eigenvalue weighted by Crippen LogP contribution is 2.38. The molecule has 0 saturated heterocycles. The topological polar surface area (TPSA) is 96.5 Å². The first-order chi connectivity index (χ1) is 15.5. The third-order valence-corrected chi connectivity index (χ3v) is 5.22. The van der Waals surface area contributed by atoms with Crippen LogP contribution in [0, 0.1) is 17.0 Å². The van der Waals surface area contributed by atoms with E-state index in [2.05, 4.69) is 4.98 Å². The molecule has 4 aromatic rings. The van der Waals surface area contributed by atoms with E-state index in [1.807, 2.05) is 31.2 Å². The molecule has 5 rings (SSSR count). The highest BCUT2D eigenvalue weighted by Gasteiger charge is 2.22. The smallest absolute Gasteiger partial charge is 0.280 e. The van der Waals surface area contributed by atoms with Crippen molar-refractivity contribution in [2.24, 2.45) is 0 Å². The monoisotopic (exact) mass is 427 g/mol. The number of rotatable bonds is 4. The van der Waals surface area contributed by atoms with Gasteiger partial charge in [0, 0.05) is 0 Å². The quantitative estimate of drug-likeness (QED) is 0.351. The van der Waals surface area contributed by atoms with Crippen molar-refractivity contribution in [3.05, 3.63) is 98.1 Å². The fourth-order valence-corrected chi connectivity index (χ4v) is 3.61. The number of para-hydroxylation sites is 1. The Balaban J connectivity index is 1.70. The van der Waals surface area contributed by atoms with Crippen LogP contribution in [0.2, 0.25) is 0 Å². The number of aryl methyl sites for hydroxylation is 1. The third kappa shape index (κ3) is 3.37. The summed E-state index contributed by atoms with van der Waals surface area (Å²) < 4.78 is 12.1. The molecule has 2 heterocycles. The first-order valence-corrected chi connectivity index (χ1v) is 9.86. The van der Waals surface area contributed by atoms with Crippen LogP contribution in [0.4, 0.5) is 5.69 Å². The van der Waals surface area contributed by atoms with E-state index in [0.29, 0.717) is 39.5 Å². The van der Waals surface area contributed by atoms with E-state index < -0.39 is 4.92 Å². The first-order valence-electron chi connectivity index (χ1n) is 9.86. The maximum Gasteiger partial charge on any atom is 0.280 e. The standard InChI is InChI=1S/C24H17N3O5/c1-15-6-9-17(10-7-15)26-23(25-19-5-3-2-4-18(19)24(26)28)11-8-16-12-21-22(32-14-31-21)13-20(16)27(29)30/h2-13H,14H2,1H3/b11-8+. The van der Waals surface area contributed by atoms with Crippen LogP contribution in [0.5, 0.6) is 11.5 Å². The van der Waals surface area contributed by atoms with Crippen molar-refractivity contribution in [2.45, 2.75) is 6.92 Å². The summed E-state index contributed by atoms with van der Waals surface area (Å²) >= 11 is 0. The summed E-state index contributed by atoms with van der Waals surface area (Å²) in [5.41, 5.74) is 2.22. The minimum Gasteiger partial charge on any atom is -0.454 e. The van der Waals surface area contributed by atoms with E-state index in [1.54, 1.807) is 42.5 Å². The van der Waals surface area contributed by atoms with Gasteiger partial charge in [0.15, 0.2) is 11.5 Å². The average molecular weight is 427 g/mol. The van der Waals surface area contributed by atoms with Gasteiger partial charge in [0.25, 0.3) is 11.2 Å². The van der Waals surface area contributed by atoms with E-state index in [-0.39, 0.29) is 18.0 Å². The molecule has 8 nitrogen and oxygen atoms in total. The Morgan fingerprint density at radius 3 is 2.50 bits per heavy atom. The van der Waals surface area contributed by atoms with Gasteiger partial charge in [0.2, 0.25) is 6.79 Å². The van der Waals surface area contributed by atoms with Crippen LogP contribution in [-0.2, 0) is 0 Å². The van der Waals surface area contributed by atoms with Crippen LogP contribution in [-0.4, -0.2) is 21.3 Å². The molecule has 0 atom stereocenters. The Hall–Kier alpha value is -4.46. The predicted octanol–water partition coefficient (Wildman–Crippen LogP) is 4.50. The summed E-state index contributed by atoms with van der Waals surface area (Å²) in [6, 6.07) is 17.5. The maximum atomic E-state index is 13.3. The number of hydrogen-bond acceptors (Lipinski definition) is 6. The number of nitro groups is 1. The Morgan fingerprint density at radius 2 is 1.75 bits per heavy atom. The van der Waals surface area contributed by atoms with E-state index in [0.717, 1.165) is 5.56 Å².